The predicted octanol–water partition coefficient (Wildman–Crippen LogP) is 8.55. The largest absolute Gasteiger partial charge is 0.308 e. The summed E-state index contributed by atoms with van der Waals surface area (Å²) >= 11 is 0. The van der Waals surface area contributed by atoms with E-state index < -0.39 is 0 Å². The van der Waals surface area contributed by atoms with E-state index in [0.717, 1.165) is 34.1 Å². The molecule has 164 valence electrons. The summed E-state index contributed by atoms with van der Waals surface area (Å²) in [4.78, 5) is 4.66. The molecule has 5 rings (SSSR count). The third kappa shape index (κ3) is 5.02. The predicted molar refractivity (Wildman–Crippen MR) is 146 cm³/mol. The molecule has 0 N–H and O–H groups in total. The van der Waals surface area contributed by atoms with Crippen LogP contribution in [0.4, 0.5) is 34.1 Å². The molecule has 0 aliphatic heterocycles. The zero-order valence-electron chi connectivity index (χ0n) is 19.2. The molecule has 3 heteroatoms. The van der Waals surface area contributed by atoms with Crippen LogP contribution in [0, 0.1) is 6.92 Å². The average Bonchev–Trinajstić information content (AvgIpc) is 2.87. The van der Waals surface area contributed by atoms with Crippen LogP contribution < -0.4 is 9.80 Å². The maximum absolute atomic E-state index is 2.33. The molecular formula is C31H26N2Sn. The van der Waals surface area contributed by atoms with Crippen LogP contribution in [-0.4, -0.2) is 23.9 Å². The molecule has 0 amide bonds. The van der Waals surface area contributed by atoms with Crippen LogP contribution >= 0.6 is 0 Å². The summed E-state index contributed by atoms with van der Waals surface area (Å²) in [5.74, 6) is 0. The second-order valence-corrected chi connectivity index (χ2v) is 8.01. The number of anilines is 6. The second-order valence-electron chi connectivity index (χ2n) is 8.01. The van der Waals surface area contributed by atoms with Gasteiger partial charge in [0.05, 0.1) is 11.4 Å². The molecular weight excluding hydrogens is 519 g/mol. The van der Waals surface area contributed by atoms with Crippen molar-refractivity contribution in [2.45, 2.75) is 6.92 Å². The quantitative estimate of drug-likeness (QED) is 0.197. The Morgan fingerprint density at radius 3 is 1.15 bits per heavy atom. The molecule has 0 aliphatic carbocycles. The molecule has 0 unspecified atom stereocenters. The Bertz CT molecular complexity index is 1280. The minimum Gasteiger partial charge on any atom is -0.308 e. The van der Waals surface area contributed by atoms with Gasteiger partial charge in [-0.1, -0.05) is 78.9 Å². The van der Waals surface area contributed by atoms with Gasteiger partial charge >= 0.3 is 0 Å². The van der Waals surface area contributed by atoms with Gasteiger partial charge in [-0.3, -0.25) is 0 Å². The first-order chi connectivity index (χ1) is 16.3. The van der Waals surface area contributed by atoms with E-state index in [4.69, 9.17) is 0 Å². The summed E-state index contributed by atoms with van der Waals surface area (Å²) in [5, 5.41) is 0. The van der Waals surface area contributed by atoms with Crippen LogP contribution in [0.1, 0.15) is 5.56 Å². The molecule has 0 aliphatic rings. The molecule has 5 aromatic rings. The van der Waals surface area contributed by atoms with Crippen molar-refractivity contribution >= 4 is 58.0 Å². The van der Waals surface area contributed by atoms with E-state index in [-0.39, 0.29) is 23.9 Å². The molecule has 0 saturated carbocycles. The van der Waals surface area contributed by atoms with E-state index >= 15 is 0 Å². The first kappa shape index (κ1) is 23.7. The van der Waals surface area contributed by atoms with Crippen molar-refractivity contribution in [2.24, 2.45) is 0 Å². The summed E-state index contributed by atoms with van der Waals surface area (Å²) in [5.41, 5.74) is 7.95. The third-order valence-electron chi connectivity index (χ3n) is 5.67. The smallest absolute Gasteiger partial charge is 0.0702 e. The van der Waals surface area contributed by atoms with Crippen molar-refractivity contribution in [1.29, 1.82) is 0 Å². The zero-order valence-corrected chi connectivity index (χ0v) is 22.0. The molecule has 0 fully saturated rings. The molecule has 2 nitrogen and oxygen atoms in total. The fraction of sp³-hybridized carbons (Fsp3) is 0.0323. The molecule has 0 bridgehead atoms. The maximum atomic E-state index is 2.33. The summed E-state index contributed by atoms with van der Waals surface area (Å²) in [6, 6.07) is 48.9. The molecule has 5 aromatic carbocycles. The molecule has 0 aromatic heterocycles. The molecule has 0 saturated heterocycles. The van der Waals surface area contributed by atoms with Gasteiger partial charge in [0.25, 0.3) is 0 Å². The van der Waals surface area contributed by atoms with E-state index in [2.05, 4.69) is 156 Å². The number of nitrogens with zero attached hydrogens (tertiary/aromatic N) is 2. The van der Waals surface area contributed by atoms with Gasteiger partial charge < -0.3 is 9.80 Å². The van der Waals surface area contributed by atoms with E-state index in [1.165, 1.54) is 5.56 Å². The van der Waals surface area contributed by atoms with Crippen LogP contribution in [0.3, 0.4) is 0 Å². The molecule has 34 heavy (non-hydrogen) atoms. The molecule has 0 atom stereocenters. The van der Waals surface area contributed by atoms with Gasteiger partial charge in [0.2, 0.25) is 0 Å². The van der Waals surface area contributed by atoms with Gasteiger partial charge in [-0.15, -0.1) is 0 Å². The molecule has 0 heterocycles. The van der Waals surface area contributed by atoms with E-state index in [1.54, 1.807) is 0 Å². The van der Waals surface area contributed by atoms with Gasteiger partial charge in [-0.25, -0.2) is 0 Å². The molecule has 4 radical (unpaired) electrons. The van der Waals surface area contributed by atoms with Gasteiger partial charge in [0, 0.05) is 46.7 Å². The Hall–Kier alpha value is -3.50. The van der Waals surface area contributed by atoms with Crippen molar-refractivity contribution < 1.29 is 0 Å². The van der Waals surface area contributed by atoms with Crippen molar-refractivity contribution in [1.82, 2.24) is 0 Å². The summed E-state index contributed by atoms with van der Waals surface area (Å²) in [7, 11) is 0. The number of para-hydroxylation sites is 5. The normalized spacial score (nSPS) is 10.3. The summed E-state index contributed by atoms with van der Waals surface area (Å²) in [6.07, 6.45) is 0. The monoisotopic (exact) mass is 546 g/mol. The number of rotatable bonds is 6. The molecule has 0 spiro atoms. The van der Waals surface area contributed by atoms with Crippen molar-refractivity contribution in [3.8, 4) is 0 Å². The van der Waals surface area contributed by atoms with Crippen molar-refractivity contribution in [2.75, 3.05) is 9.80 Å². The fourth-order valence-corrected chi connectivity index (χ4v) is 4.20. The summed E-state index contributed by atoms with van der Waals surface area (Å²) < 4.78 is 0. The number of aryl methyl sites for hydroxylation is 1. The van der Waals surface area contributed by atoms with Crippen molar-refractivity contribution in [3.05, 3.63) is 145 Å². The zero-order chi connectivity index (χ0) is 22.5. The van der Waals surface area contributed by atoms with Gasteiger partial charge in [0.15, 0.2) is 0 Å². The summed E-state index contributed by atoms with van der Waals surface area (Å²) in [6.45, 7) is 2.14. The van der Waals surface area contributed by atoms with E-state index in [0.29, 0.717) is 0 Å². The Balaban J connectivity index is 0.00000274. The van der Waals surface area contributed by atoms with Crippen LogP contribution in [-0.2, 0) is 0 Å². The van der Waals surface area contributed by atoms with E-state index in [9.17, 15) is 0 Å². The topological polar surface area (TPSA) is 6.48 Å². The number of hydrogen-bond acceptors (Lipinski definition) is 2. The van der Waals surface area contributed by atoms with Gasteiger partial charge in [-0.05, 0) is 73.2 Å². The first-order valence-electron chi connectivity index (χ1n) is 11.2. The van der Waals surface area contributed by atoms with Crippen LogP contribution in [0.15, 0.2) is 140 Å². The van der Waals surface area contributed by atoms with Crippen molar-refractivity contribution in [3.63, 3.8) is 0 Å². The minimum atomic E-state index is 0. The number of benzene rings is 5. The Morgan fingerprint density at radius 1 is 0.382 bits per heavy atom. The fourth-order valence-electron chi connectivity index (χ4n) is 4.20. The number of hydrogen-bond donors (Lipinski definition) is 0. The average molecular weight is 545 g/mol. The second kappa shape index (κ2) is 11.1. The third-order valence-corrected chi connectivity index (χ3v) is 5.67. The van der Waals surface area contributed by atoms with Crippen LogP contribution in [0.25, 0.3) is 0 Å². The van der Waals surface area contributed by atoms with E-state index in [1.807, 2.05) is 0 Å². The minimum absolute atomic E-state index is 0. The van der Waals surface area contributed by atoms with Gasteiger partial charge in [0.1, 0.15) is 0 Å². The standard InChI is InChI=1S/C31H26N2.Sn/c1-25-14-13-21-29(24-25)33(28-19-9-4-10-20-28)31-23-12-11-22-30(31)32(26-15-5-2-6-16-26)27-17-7-3-8-18-27;/h2-24H,1H3;. The Labute approximate surface area is 219 Å². The SMILES string of the molecule is Cc1cccc(N(c2ccccc2)c2ccccc2N(c2ccccc2)c2ccccc2)c1.[Sn]. The maximum Gasteiger partial charge on any atom is 0.0702 e. The van der Waals surface area contributed by atoms with Gasteiger partial charge in [-0.2, -0.15) is 0 Å². The first-order valence-corrected chi connectivity index (χ1v) is 11.2. The van der Waals surface area contributed by atoms with Crippen LogP contribution in [0.5, 0.6) is 0 Å². The van der Waals surface area contributed by atoms with Crippen LogP contribution in [0.2, 0.25) is 0 Å². The Kier molecular flexibility index (Phi) is 7.71. The Morgan fingerprint density at radius 2 is 0.735 bits per heavy atom.